The van der Waals surface area contributed by atoms with Crippen molar-refractivity contribution in [3.63, 3.8) is 0 Å². The zero-order chi connectivity index (χ0) is 21.2. The fourth-order valence-electron chi connectivity index (χ4n) is 2.33. The lowest BCUT2D eigenvalue weighted by molar-refractivity contribution is -0.384. The van der Waals surface area contributed by atoms with Crippen molar-refractivity contribution in [2.45, 2.75) is 31.7 Å². The maximum Gasteiger partial charge on any atom is 0.271 e. The van der Waals surface area contributed by atoms with Crippen LogP contribution in [0.15, 0.2) is 41.3 Å². The van der Waals surface area contributed by atoms with Crippen LogP contribution in [-0.4, -0.2) is 36.6 Å². The second kappa shape index (κ2) is 8.26. The summed E-state index contributed by atoms with van der Waals surface area (Å²) >= 11 is 6.09. The number of sulfonamides is 1. The van der Waals surface area contributed by atoms with Gasteiger partial charge in [-0.2, -0.15) is 4.31 Å². The minimum absolute atomic E-state index is 0.0502. The van der Waals surface area contributed by atoms with Gasteiger partial charge in [0, 0.05) is 25.2 Å². The van der Waals surface area contributed by atoms with Crippen molar-refractivity contribution in [1.82, 2.24) is 4.31 Å². The second-order valence-corrected chi connectivity index (χ2v) is 8.87. The van der Waals surface area contributed by atoms with Crippen molar-refractivity contribution < 1.29 is 18.1 Å². The molecule has 2 aromatic rings. The number of rotatable bonds is 6. The Morgan fingerprint density at radius 3 is 2.43 bits per heavy atom. The molecule has 2 rings (SSSR count). The van der Waals surface area contributed by atoms with Crippen LogP contribution in [0, 0.1) is 17.0 Å². The summed E-state index contributed by atoms with van der Waals surface area (Å²) < 4.78 is 26.5. The first-order valence-corrected chi connectivity index (χ1v) is 10.1. The molecular weight excluding hydrogens is 406 g/mol. The Kier molecular flexibility index (Phi) is 6.43. The average Bonchev–Trinajstić information content (AvgIpc) is 2.62. The molecule has 1 amide bonds. The monoisotopic (exact) mass is 425 g/mol. The molecule has 10 heteroatoms. The van der Waals surface area contributed by atoms with Crippen molar-refractivity contribution in [3.05, 3.63) is 62.7 Å². The molecule has 0 radical (unpaired) electrons. The molecule has 0 heterocycles. The molecule has 0 saturated heterocycles. The molecule has 0 bridgehead atoms. The smallest absolute Gasteiger partial charge is 0.271 e. The summed E-state index contributed by atoms with van der Waals surface area (Å²) in [4.78, 5) is 23.0. The van der Waals surface area contributed by atoms with Crippen LogP contribution in [0.3, 0.4) is 0 Å². The number of nitro benzene ring substituents is 1. The lowest BCUT2D eigenvalue weighted by Crippen LogP contribution is -2.33. The first-order chi connectivity index (χ1) is 12.9. The van der Waals surface area contributed by atoms with Crippen LogP contribution in [0.25, 0.3) is 0 Å². The summed E-state index contributed by atoms with van der Waals surface area (Å²) in [6.07, 6.45) is 0. The summed E-state index contributed by atoms with van der Waals surface area (Å²) in [7, 11) is -2.36. The first kappa shape index (κ1) is 21.8. The van der Waals surface area contributed by atoms with E-state index in [4.69, 9.17) is 11.6 Å². The number of carbonyl (C=O) groups is 1. The summed E-state index contributed by atoms with van der Waals surface area (Å²) in [5.74, 6) is -0.669. The van der Waals surface area contributed by atoms with E-state index in [9.17, 15) is 23.3 Å². The molecule has 0 spiro atoms. The third kappa shape index (κ3) is 4.49. The zero-order valence-corrected chi connectivity index (χ0v) is 17.3. The van der Waals surface area contributed by atoms with E-state index in [0.717, 1.165) is 0 Å². The lowest BCUT2D eigenvalue weighted by Gasteiger charge is -2.21. The third-order valence-corrected chi connectivity index (χ3v) is 6.63. The number of aryl methyl sites for hydroxylation is 1. The molecule has 0 unspecified atom stereocenters. The van der Waals surface area contributed by atoms with Crippen molar-refractivity contribution in [3.8, 4) is 0 Å². The topological polar surface area (TPSA) is 110 Å². The number of nitrogens with zero attached hydrogens (tertiary/aromatic N) is 2. The molecule has 1 N–H and O–H groups in total. The number of benzene rings is 2. The number of hydrogen-bond acceptors (Lipinski definition) is 5. The quantitative estimate of drug-likeness (QED) is 0.558. The van der Waals surface area contributed by atoms with Crippen LogP contribution >= 0.6 is 11.6 Å². The number of nitro groups is 1. The maximum absolute atomic E-state index is 12.7. The minimum Gasteiger partial charge on any atom is -0.321 e. The number of halogens is 1. The van der Waals surface area contributed by atoms with Crippen LogP contribution in [0.5, 0.6) is 0 Å². The van der Waals surface area contributed by atoms with Gasteiger partial charge in [-0.15, -0.1) is 0 Å². The highest BCUT2D eigenvalue weighted by Crippen LogP contribution is 2.26. The molecule has 0 aliphatic rings. The van der Waals surface area contributed by atoms with Crippen LogP contribution in [-0.2, 0) is 10.0 Å². The van der Waals surface area contributed by atoms with Gasteiger partial charge in [0.1, 0.15) is 0 Å². The average molecular weight is 426 g/mol. The maximum atomic E-state index is 12.7. The van der Waals surface area contributed by atoms with Crippen LogP contribution in [0.2, 0.25) is 5.02 Å². The van der Waals surface area contributed by atoms with Gasteiger partial charge in [0.05, 0.1) is 26.1 Å². The Hall–Kier alpha value is -2.49. The molecule has 0 aromatic heterocycles. The van der Waals surface area contributed by atoms with Gasteiger partial charge in [-0.3, -0.25) is 14.9 Å². The molecule has 8 nitrogen and oxygen atoms in total. The zero-order valence-electron chi connectivity index (χ0n) is 15.8. The summed E-state index contributed by atoms with van der Waals surface area (Å²) in [5, 5.41) is 13.6. The van der Waals surface area contributed by atoms with Crippen LogP contribution < -0.4 is 5.32 Å². The summed E-state index contributed by atoms with van der Waals surface area (Å²) in [6, 6.07) is 7.64. The van der Waals surface area contributed by atoms with E-state index in [1.54, 1.807) is 20.8 Å². The molecule has 2 aromatic carbocycles. The van der Waals surface area contributed by atoms with Gasteiger partial charge in [-0.25, -0.2) is 8.42 Å². The van der Waals surface area contributed by atoms with E-state index in [1.807, 2.05) is 0 Å². The predicted molar refractivity (Wildman–Crippen MR) is 107 cm³/mol. The van der Waals surface area contributed by atoms with E-state index in [1.165, 1.54) is 47.8 Å². The fourth-order valence-corrected chi connectivity index (χ4v) is 3.93. The Labute approximate surface area is 168 Å². The molecule has 0 fully saturated rings. The minimum atomic E-state index is -3.80. The van der Waals surface area contributed by atoms with Crippen molar-refractivity contribution in [2.75, 3.05) is 12.4 Å². The van der Waals surface area contributed by atoms with Gasteiger partial charge in [0.15, 0.2) is 0 Å². The molecule has 0 aliphatic carbocycles. The van der Waals surface area contributed by atoms with Crippen LogP contribution in [0.4, 0.5) is 11.4 Å². The fraction of sp³-hybridized carbons (Fsp3) is 0.278. The van der Waals surface area contributed by atoms with Gasteiger partial charge in [0.25, 0.3) is 11.6 Å². The van der Waals surface area contributed by atoms with E-state index >= 15 is 0 Å². The number of carbonyl (C=O) groups excluding carboxylic acids is 1. The summed E-state index contributed by atoms with van der Waals surface area (Å²) in [5.41, 5.74) is 0.619. The van der Waals surface area contributed by atoms with E-state index in [-0.39, 0.29) is 32.9 Å². The van der Waals surface area contributed by atoms with E-state index in [2.05, 4.69) is 5.32 Å². The molecule has 0 aliphatic heterocycles. The number of hydrogen-bond donors (Lipinski definition) is 1. The van der Waals surface area contributed by atoms with Gasteiger partial charge in [-0.05, 0) is 44.5 Å². The Balaban J connectivity index is 2.42. The molecular formula is C18H20ClN3O5S. The second-order valence-electron chi connectivity index (χ2n) is 6.47. The van der Waals surface area contributed by atoms with Crippen molar-refractivity contribution in [2.24, 2.45) is 0 Å². The first-order valence-electron chi connectivity index (χ1n) is 8.29. The van der Waals surface area contributed by atoms with Crippen molar-refractivity contribution in [1.29, 1.82) is 0 Å². The molecule has 0 atom stereocenters. The van der Waals surface area contributed by atoms with E-state index < -0.39 is 20.9 Å². The molecule has 28 heavy (non-hydrogen) atoms. The Bertz CT molecular complexity index is 1040. The highest BCUT2D eigenvalue weighted by Gasteiger charge is 2.25. The van der Waals surface area contributed by atoms with Crippen LogP contribution in [0.1, 0.15) is 29.8 Å². The van der Waals surface area contributed by atoms with E-state index in [0.29, 0.717) is 5.56 Å². The lowest BCUT2D eigenvalue weighted by atomic mass is 10.1. The normalized spacial score (nSPS) is 11.7. The third-order valence-electron chi connectivity index (χ3n) is 4.27. The van der Waals surface area contributed by atoms with Gasteiger partial charge in [0.2, 0.25) is 10.0 Å². The number of non-ortho nitro benzene ring substituents is 1. The number of amides is 1. The highest BCUT2D eigenvalue weighted by molar-refractivity contribution is 7.89. The van der Waals surface area contributed by atoms with Crippen molar-refractivity contribution >= 4 is 38.9 Å². The predicted octanol–water partition coefficient (Wildman–Crippen LogP) is 3.84. The van der Waals surface area contributed by atoms with Gasteiger partial charge >= 0.3 is 0 Å². The van der Waals surface area contributed by atoms with Gasteiger partial charge in [-0.1, -0.05) is 17.7 Å². The number of nitrogens with one attached hydrogen (secondary N) is 1. The number of anilines is 1. The Morgan fingerprint density at radius 1 is 1.21 bits per heavy atom. The molecule has 150 valence electrons. The SMILES string of the molecule is Cc1ccc([N+](=O)[O-])cc1NC(=O)c1cc(S(=O)(=O)N(C)C(C)C)ccc1Cl. The molecule has 0 saturated carbocycles. The summed E-state index contributed by atoms with van der Waals surface area (Å²) in [6.45, 7) is 5.14. The Morgan fingerprint density at radius 2 is 1.86 bits per heavy atom. The van der Waals surface area contributed by atoms with Gasteiger partial charge < -0.3 is 5.32 Å². The standard InChI is InChI=1S/C18H20ClN3O5S/c1-11(2)21(4)28(26,27)14-7-8-16(19)15(10-14)18(23)20-17-9-13(22(24)25)6-5-12(17)3/h5-11H,1-4H3,(H,20,23). The largest absolute Gasteiger partial charge is 0.321 e. The highest BCUT2D eigenvalue weighted by atomic mass is 35.5.